The Morgan fingerprint density at radius 2 is 2.13 bits per heavy atom. The van der Waals surface area contributed by atoms with E-state index in [-0.39, 0.29) is 24.2 Å². The largest absolute Gasteiger partial charge is 0.504 e. The van der Waals surface area contributed by atoms with Crippen LogP contribution in [0.3, 0.4) is 0 Å². The van der Waals surface area contributed by atoms with E-state index in [2.05, 4.69) is 6.92 Å². The second-order valence-corrected chi connectivity index (χ2v) is 3.29. The molecule has 3 N–H and O–H groups in total. The highest BCUT2D eigenvalue weighted by molar-refractivity contribution is 5.85. The monoisotopic (exact) mass is 231 g/mol. The summed E-state index contributed by atoms with van der Waals surface area (Å²) in [6, 6.07) is 5.27. The van der Waals surface area contributed by atoms with E-state index in [1.807, 2.05) is 12.1 Å². The number of methoxy groups -OCH3 is 1. The zero-order chi connectivity index (χ0) is 10.6. The average molecular weight is 232 g/mol. The van der Waals surface area contributed by atoms with Crippen LogP contribution in [0.15, 0.2) is 18.2 Å². The summed E-state index contributed by atoms with van der Waals surface area (Å²) in [5.41, 5.74) is 6.67. The Bertz CT molecular complexity index is 305. The van der Waals surface area contributed by atoms with Gasteiger partial charge in [0.2, 0.25) is 0 Å². The molecule has 0 heterocycles. The van der Waals surface area contributed by atoms with E-state index < -0.39 is 0 Å². The van der Waals surface area contributed by atoms with Gasteiger partial charge in [-0.05, 0) is 12.5 Å². The van der Waals surface area contributed by atoms with Crippen LogP contribution in [-0.2, 0) is 0 Å². The molecule has 1 aromatic rings. The number of phenolic OH excluding ortho intramolecular Hbond substituents is 1. The summed E-state index contributed by atoms with van der Waals surface area (Å²) in [5, 5.41) is 9.78. The predicted molar refractivity (Wildman–Crippen MR) is 63.7 cm³/mol. The van der Waals surface area contributed by atoms with Gasteiger partial charge < -0.3 is 15.6 Å². The van der Waals surface area contributed by atoms with E-state index in [1.54, 1.807) is 6.07 Å². The van der Waals surface area contributed by atoms with Gasteiger partial charge in [-0.25, -0.2) is 0 Å². The van der Waals surface area contributed by atoms with Gasteiger partial charge in [0.05, 0.1) is 7.11 Å². The minimum Gasteiger partial charge on any atom is -0.504 e. The summed E-state index contributed by atoms with van der Waals surface area (Å²) in [4.78, 5) is 0. The fourth-order valence-electron chi connectivity index (χ4n) is 1.47. The maximum atomic E-state index is 9.78. The van der Waals surface area contributed by atoms with Crippen molar-refractivity contribution in [3.05, 3.63) is 23.8 Å². The van der Waals surface area contributed by atoms with Crippen molar-refractivity contribution in [2.75, 3.05) is 7.11 Å². The second kappa shape index (κ2) is 6.53. The molecule has 1 rings (SSSR count). The average Bonchev–Trinajstić information content (AvgIpc) is 2.18. The molecule has 0 saturated heterocycles. The number of rotatable bonds is 4. The second-order valence-electron chi connectivity index (χ2n) is 3.29. The molecule has 0 radical (unpaired) electrons. The number of hydrogen-bond donors (Lipinski definition) is 2. The molecule has 0 spiro atoms. The Morgan fingerprint density at radius 3 is 2.67 bits per heavy atom. The summed E-state index contributed by atoms with van der Waals surface area (Å²) in [5.74, 6) is 0.644. The molecule has 3 nitrogen and oxygen atoms in total. The number of halogens is 1. The smallest absolute Gasteiger partial charge is 0.162 e. The van der Waals surface area contributed by atoms with E-state index in [0.29, 0.717) is 5.75 Å². The lowest BCUT2D eigenvalue weighted by molar-refractivity contribution is 0.368. The lowest BCUT2D eigenvalue weighted by Gasteiger charge is -2.14. The Hall–Kier alpha value is -0.930. The minimum atomic E-state index is -0.116. The lowest BCUT2D eigenvalue weighted by atomic mass is 10.0. The molecule has 0 aliphatic rings. The minimum absolute atomic E-state index is 0. The van der Waals surface area contributed by atoms with Gasteiger partial charge in [-0.3, -0.25) is 0 Å². The highest BCUT2D eigenvalue weighted by Gasteiger charge is 2.12. The Kier molecular flexibility index (Phi) is 6.13. The van der Waals surface area contributed by atoms with Crippen LogP contribution < -0.4 is 10.5 Å². The third kappa shape index (κ3) is 3.29. The number of aromatic hydroxyl groups is 1. The maximum absolute atomic E-state index is 9.78. The first-order valence-corrected chi connectivity index (χ1v) is 4.82. The summed E-state index contributed by atoms with van der Waals surface area (Å²) < 4.78 is 5.01. The summed E-state index contributed by atoms with van der Waals surface area (Å²) in [6.07, 6.45) is 1.86. The number of ether oxygens (including phenoxy) is 1. The molecule has 0 amide bonds. The van der Waals surface area contributed by atoms with Crippen LogP contribution in [0.2, 0.25) is 0 Å². The number of para-hydroxylation sites is 1. The molecule has 86 valence electrons. The molecule has 0 aromatic heterocycles. The molecule has 4 heteroatoms. The third-order valence-corrected chi connectivity index (χ3v) is 2.25. The van der Waals surface area contributed by atoms with Crippen LogP contribution >= 0.6 is 12.4 Å². The lowest BCUT2D eigenvalue weighted by Crippen LogP contribution is -2.10. The Labute approximate surface area is 96.7 Å². The first-order valence-electron chi connectivity index (χ1n) is 4.82. The van der Waals surface area contributed by atoms with Gasteiger partial charge in [0.15, 0.2) is 11.5 Å². The summed E-state index contributed by atoms with van der Waals surface area (Å²) in [6.45, 7) is 2.07. The molecular formula is C11H18ClNO2. The molecule has 0 saturated carbocycles. The van der Waals surface area contributed by atoms with Crippen LogP contribution in [0.25, 0.3) is 0 Å². The van der Waals surface area contributed by atoms with Gasteiger partial charge >= 0.3 is 0 Å². The maximum Gasteiger partial charge on any atom is 0.162 e. The molecule has 1 atom stereocenters. The van der Waals surface area contributed by atoms with Gasteiger partial charge in [0, 0.05) is 11.6 Å². The van der Waals surface area contributed by atoms with Gasteiger partial charge in [0.25, 0.3) is 0 Å². The normalized spacial score (nSPS) is 11.7. The predicted octanol–water partition coefficient (Wildman–Crippen LogP) is 2.62. The van der Waals surface area contributed by atoms with Crippen LogP contribution in [0, 0.1) is 0 Å². The van der Waals surface area contributed by atoms with Crippen LogP contribution in [0.1, 0.15) is 31.4 Å². The fourth-order valence-corrected chi connectivity index (χ4v) is 1.47. The van der Waals surface area contributed by atoms with Gasteiger partial charge in [0.1, 0.15) is 0 Å². The van der Waals surface area contributed by atoms with E-state index >= 15 is 0 Å². The molecular weight excluding hydrogens is 214 g/mol. The third-order valence-electron chi connectivity index (χ3n) is 2.25. The van der Waals surface area contributed by atoms with Crippen molar-refractivity contribution < 1.29 is 9.84 Å². The molecule has 0 bridgehead atoms. The van der Waals surface area contributed by atoms with E-state index in [4.69, 9.17) is 10.5 Å². The molecule has 0 unspecified atom stereocenters. The highest BCUT2D eigenvalue weighted by atomic mass is 35.5. The number of phenols is 1. The zero-order valence-corrected chi connectivity index (χ0v) is 9.88. The molecule has 0 aliphatic carbocycles. The first kappa shape index (κ1) is 14.1. The molecule has 1 aromatic carbocycles. The van der Waals surface area contributed by atoms with Crippen molar-refractivity contribution >= 4 is 12.4 Å². The number of benzene rings is 1. The van der Waals surface area contributed by atoms with Crippen molar-refractivity contribution in [3.63, 3.8) is 0 Å². The van der Waals surface area contributed by atoms with E-state index in [1.165, 1.54) is 7.11 Å². The quantitative estimate of drug-likeness (QED) is 0.838. The van der Waals surface area contributed by atoms with E-state index in [0.717, 1.165) is 18.4 Å². The molecule has 15 heavy (non-hydrogen) atoms. The van der Waals surface area contributed by atoms with Gasteiger partial charge in [-0.2, -0.15) is 0 Å². The molecule has 0 aliphatic heterocycles. The van der Waals surface area contributed by atoms with Crippen molar-refractivity contribution in [1.82, 2.24) is 0 Å². The standard InChI is InChI=1S/C11H17NO2.ClH/c1-3-5-9(12)8-6-4-7-10(14-2)11(8)13;/h4,6-7,9,13H,3,5,12H2,1-2H3;1H/t9-;/m0./s1. The van der Waals surface area contributed by atoms with Crippen molar-refractivity contribution in [2.24, 2.45) is 5.73 Å². The Morgan fingerprint density at radius 1 is 1.47 bits per heavy atom. The topological polar surface area (TPSA) is 55.5 Å². The van der Waals surface area contributed by atoms with Crippen molar-refractivity contribution in [2.45, 2.75) is 25.8 Å². The first-order chi connectivity index (χ1) is 6.70. The highest BCUT2D eigenvalue weighted by Crippen LogP contribution is 2.33. The number of nitrogens with two attached hydrogens (primary N) is 1. The van der Waals surface area contributed by atoms with Gasteiger partial charge in [-0.1, -0.05) is 25.5 Å². The Balaban J connectivity index is 0.00000196. The number of hydrogen-bond acceptors (Lipinski definition) is 3. The SMILES string of the molecule is CCC[C@H](N)c1cccc(OC)c1O.Cl. The zero-order valence-electron chi connectivity index (χ0n) is 9.06. The molecule has 0 fully saturated rings. The van der Waals surface area contributed by atoms with Crippen LogP contribution in [0.4, 0.5) is 0 Å². The fraction of sp³-hybridized carbons (Fsp3) is 0.455. The van der Waals surface area contributed by atoms with Crippen molar-refractivity contribution in [3.8, 4) is 11.5 Å². The van der Waals surface area contributed by atoms with E-state index in [9.17, 15) is 5.11 Å². The van der Waals surface area contributed by atoms with Crippen molar-refractivity contribution in [1.29, 1.82) is 0 Å². The van der Waals surface area contributed by atoms with Crippen LogP contribution in [0.5, 0.6) is 11.5 Å². The van der Waals surface area contributed by atoms with Crippen LogP contribution in [-0.4, -0.2) is 12.2 Å². The summed E-state index contributed by atoms with van der Waals surface area (Å²) in [7, 11) is 1.53. The van der Waals surface area contributed by atoms with Gasteiger partial charge in [-0.15, -0.1) is 12.4 Å². The summed E-state index contributed by atoms with van der Waals surface area (Å²) >= 11 is 0.